The van der Waals surface area contributed by atoms with E-state index in [1.54, 1.807) is 42.5 Å². The van der Waals surface area contributed by atoms with Crippen molar-refractivity contribution in [2.45, 2.75) is 11.7 Å². The lowest BCUT2D eigenvalue weighted by Crippen LogP contribution is -2.31. The Balaban J connectivity index is 1.57. The highest BCUT2D eigenvalue weighted by atomic mass is 35.5. The zero-order chi connectivity index (χ0) is 19.4. The lowest BCUT2D eigenvalue weighted by Gasteiger charge is -2.14. The van der Waals surface area contributed by atoms with Gasteiger partial charge < -0.3 is 10.1 Å². The molecule has 0 radical (unpaired) electrons. The number of carbonyl (C=O) groups is 3. The second-order valence-electron chi connectivity index (χ2n) is 5.80. The van der Waals surface area contributed by atoms with Gasteiger partial charge in [-0.2, -0.15) is 0 Å². The molecule has 2 aromatic carbocycles. The SMILES string of the molecule is COc1ccc(NC(=O)CSC2CC(=O)N(c3ccccc3)C2=O)cc1Cl. The predicted molar refractivity (Wildman–Crippen MR) is 106 cm³/mol. The fraction of sp³-hybridized carbons (Fsp3) is 0.211. The number of anilines is 2. The number of methoxy groups -OCH3 is 1. The van der Waals surface area contributed by atoms with Crippen LogP contribution in [0.15, 0.2) is 48.5 Å². The summed E-state index contributed by atoms with van der Waals surface area (Å²) in [6.45, 7) is 0. The molecule has 1 saturated heterocycles. The van der Waals surface area contributed by atoms with E-state index in [1.807, 2.05) is 6.07 Å². The van der Waals surface area contributed by atoms with Crippen LogP contribution >= 0.6 is 23.4 Å². The molecule has 0 aromatic heterocycles. The molecule has 0 saturated carbocycles. The first-order chi connectivity index (χ1) is 13.0. The molecule has 8 heteroatoms. The second kappa shape index (κ2) is 8.45. The minimum absolute atomic E-state index is 0.0516. The van der Waals surface area contributed by atoms with Crippen LogP contribution in [0.3, 0.4) is 0 Å². The van der Waals surface area contributed by atoms with E-state index in [0.717, 1.165) is 11.8 Å². The van der Waals surface area contributed by atoms with E-state index in [9.17, 15) is 14.4 Å². The molecule has 1 heterocycles. The van der Waals surface area contributed by atoms with E-state index < -0.39 is 5.25 Å². The molecule has 6 nitrogen and oxygen atoms in total. The molecule has 1 aliphatic heterocycles. The van der Waals surface area contributed by atoms with Crippen molar-refractivity contribution in [3.63, 3.8) is 0 Å². The van der Waals surface area contributed by atoms with Crippen LogP contribution in [-0.4, -0.2) is 35.8 Å². The second-order valence-corrected chi connectivity index (χ2v) is 7.40. The monoisotopic (exact) mass is 404 g/mol. The maximum atomic E-state index is 12.5. The van der Waals surface area contributed by atoms with Crippen LogP contribution in [0.5, 0.6) is 5.75 Å². The maximum Gasteiger partial charge on any atom is 0.247 e. The van der Waals surface area contributed by atoms with Crippen LogP contribution in [-0.2, 0) is 14.4 Å². The average molecular weight is 405 g/mol. The van der Waals surface area contributed by atoms with Crippen molar-refractivity contribution in [2.24, 2.45) is 0 Å². The van der Waals surface area contributed by atoms with Crippen LogP contribution in [0.2, 0.25) is 5.02 Å². The summed E-state index contributed by atoms with van der Waals surface area (Å²) >= 11 is 7.19. The summed E-state index contributed by atoms with van der Waals surface area (Å²) < 4.78 is 5.07. The van der Waals surface area contributed by atoms with Crippen molar-refractivity contribution in [2.75, 3.05) is 23.1 Å². The number of rotatable bonds is 6. The fourth-order valence-electron chi connectivity index (χ4n) is 2.70. The van der Waals surface area contributed by atoms with E-state index in [-0.39, 0.29) is 29.9 Å². The quantitative estimate of drug-likeness (QED) is 0.747. The molecule has 1 fully saturated rings. The van der Waals surface area contributed by atoms with Gasteiger partial charge in [0.05, 0.1) is 28.8 Å². The summed E-state index contributed by atoms with van der Waals surface area (Å²) in [6.07, 6.45) is 0.0834. The molecule has 0 bridgehead atoms. The van der Waals surface area contributed by atoms with Gasteiger partial charge >= 0.3 is 0 Å². The molecule has 0 spiro atoms. The van der Waals surface area contributed by atoms with Crippen molar-refractivity contribution < 1.29 is 19.1 Å². The molecule has 0 aliphatic carbocycles. The van der Waals surface area contributed by atoms with E-state index in [2.05, 4.69) is 5.32 Å². The Bertz CT molecular complexity index is 875. The minimum atomic E-state index is -0.567. The van der Waals surface area contributed by atoms with Crippen LogP contribution in [0, 0.1) is 0 Å². The van der Waals surface area contributed by atoms with Crippen LogP contribution in [0.25, 0.3) is 0 Å². The third-order valence-corrected chi connectivity index (χ3v) is 5.47. The molecule has 1 unspecified atom stereocenters. The third-order valence-electron chi connectivity index (χ3n) is 3.97. The Morgan fingerprint density at radius 3 is 2.67 bits per heavy atom. The number of thioether (sulfide) groups is 1. The Kier molecular flexibility index (Phi) is 6.03. The van der Waals surface area contributed by atoms with Gasteiger partial charge in [-0.15, -0.1) is 11.8 Å². The Morgan fingerprint density at radius 2 is 2.00 bits per heavy atom. The molecular weight excluding hydrogens is 388 g/mol. The van der Waals surface area contributed by atoms with E-state index in [0.29, 0.717) is 22.1 Å². The fourth-order valence-corrected chi connectivity index (χ4v) is 3.89. The number of hydrogen-bond acceptors (Lipinski definition) is 5. The van der Waals surface area contributed by atoms with Gasteiger partial charge in [-0.3, -0.25) is 14.4 Å². The number of imide groups is 1. The molecule has 1 N–H and O–H groups in total. The topological polar surface area (TPSA) is 75.7 Å². The number of nitrogens with one attached hydrogen (secondary N) is 1. The Labute approximate surface area is 165 Å². The van der Waals surface area contributed by atoms with Crippen molar-refractivity contribution in [3.8, 4) is 5.75 Å². The van der Waals surface area contributed by atoms with Crippen molar-refractivity contribution in [1.82, 2.24) is 0 Å². The third kappa shape index (κ3) is 4.43. The number of ether oxygens (including phenoxy) is 1. The predicted octanol–water partition coefficient (Wildman–Crippen LogP) is 3.35. The minimum Gasteiger partial charge on any atom is -0.495 e. The number of para-hydroxylation sites is 1. The lowest BCUT2D eigenvalue weighted by molar-refractivity contribution is -0.121. The standard InChI is InChI=1S/C19H17ClN2O4S/c1-26-15-8-7-12(9-14(15)20)21-17(23)11-27-16-10-18(24)22(19(16)25)13-5-3-2-4-6-13/h2-9,16H,10-11H2,1H3,(H,21,23). The highest BCUT2D eigenvalue weighted by Gasteiger charge is 2.39. The molecule has 140 valence electrons. The van der Waals surface area contributed by atoms with Gasteiger partial charge in [0.15, 0.2) is 0 Å². The summed E-state index contributed by atoms with van der Waals surface area (Å²) in [6, 6.07) is 13.7. The van der Waals surface area contributed by atoms with Gasteiger partial charge in [-0.1, -0.05) is 29.8 Å². The van der Waals surface area contributed by atoms with E-state index >= 15 is 0 Å². The van der Waals surface area contributed by atoms with Gasteiger partial charge in [-0.25, -0.2) is 4.90 Å². The number of nitrogens with zero attached hydrogens (tertiary/aromatic N) is 1. The maximum absolute atomic E-state index is 12.5. The Hall–Kier alpha value is -2.51. The zero-order valence-electron chi connectivity index (χ0n) is 14.5. The normalized spacial score (nSPS) is 16.5. The van der Waals surface area contributed by atoms with Crippen molar-refractivity contribution in [3.05, 3.63) is 53.6 Å². The summed E-state index contributed by atoms with van der Waals surface area (Å²) in [7, 11) is 1.51. The van der Waals surface area contributed by atoms with E-state index in [1.165, 1.54) is 12.0 Å². The van der Waals surface area contributed by atoms with Crippen LogP contribution in [0.1, 0.15) is 6.42 Å². The number of hydrogen-bond donors (Lipinski definition) is 1. The van der Waals surface area contributed by atoms with Crippen molar-refractivity contribution in [1.29, 1.82) is 0 Å². The van der Waals surface area contributed by atoms with E-state index in [4.69, 9.17) is 16.3 Å². The van der Waals surface area contributed by atoms with Gasteiger partial charge in [0.1, 0.15) is 5.75 Å². The first-order valence-electron chi connectivity index (χ1n) is 8.16. The van der Waals surface area contributed by atoms with Gasteiger partial charge in [0, 0.05) is 12.1 Å². The summed E-state index contributed by atoms with van der Waals surface area (Å²) in [5.41, 5.74) is 1.08. The molecule has 3 rings (SSSR count). The smallest absolute Gasteiger partial charge is 0.247 e. The first-order valence-corrected chi connectivity index (χ1v) is 9.59. The molecular formula is C19H17ClN2O4S. The largest absolute Gasteiger partial charge is 0.495 e. The molecule has 27 heavy (non-hydrogen) atoms. The zero-order valence-corrected chi connectivity index (χ0v) is 16.0. The molecule has 3 amide bonds. The van der Waals surface area contributed by atoms with Gasteiger partial charge in [-0.05, 0) is 30.3 Å². The first kappa shape index (κ1) is 19.3. The number of halogens is 1. The highest BCUT2D eigenvalue weighted by molar-refractivity contribution is 8.01. The van der Waals surface area contributed by atoms with Gasteiger partial charge in [0.25, 0.3) is 0 Å². The summed E-state index contributed by atoms with van der Waals surface area (Å²) in [5.74, 6) is -0.266. The lowest BCUT2D eigenvalue weighted by atomic mass is 10.3. The Morgan fingerprint density at radius 1 is 1.26 bits per heavy atom. The highest BCUT2D eigenvalue weighted by Crippen LogP contribution is 2.30. The number of amides is 3. The molecule has 1 atom stereocenters. The van der Waals surface area contributed by atoms with Crippen LogP contribution in [0.4, 0.5) is 11.4 Å². The molecule has 1 aliphatic rings. The van der Waals surface area contributed by atoms with Crippen molar-refractivity contribution >= 4 is 52.5 Å². The molecule has 2 aromatic rings. The average Bonchev–Trinajstić information content (AvgIpc) is 2.94. The van der Waals surface area contributed by atoms with Crippen LogP contribution < -0.4 is 15.0 Å². The van der Waals surface area contributed by atoms with Gasteiger partial charge in [0.2, 0.25) is 17.7 Å². The summed E-state index contributed by atoms with van der Waals surface area (Å²) in [5, 5.41) is 2.54. The number of benzene rings is 2. The summed E-state index contributed by atoms with van der Waals surface area (Å²) in [4.78, 5) is 38.1. The number of carbonyl (C=O) groups excluding carboxylic acids is 3.